The van der Waals surface area contributed by atoms with Crippen LogP contribution in [0.5, 0.6) is 5.75 Å². The van der Waals surface area contributed by atoms with E-state index in [1.165, 1.54) is 17.0 Å². The molecule has 0 bridgehead atoms. The Morgan fingerprint density at radius 3 is 2.08 bits per heavy atom. The molecule has 0 atom stereocenters. The number of methoxy groups -OCH3 is 1. The van der Waals surface area contributed by atoms with Gasteiger partial charge >= 0.3 is 0 Å². The molecule has 39 heavy (non-hydrogen) atoms. The van der Waals surface area contributed by atoms with Crippen LogP contribution in [0.1, 0.15) is 37.5 Å². The summed E-state index contributed by atoms with van der Waals surface area (Å²) >= 11 is 0. The van der Waals surface area contributed by atoms with Crippen molar-refractivity contribution < 1.29 is 14.3 Å². The van der Waals surface area contributed by atoms with Crippen LogP contribution in [-0.4, -0.2) is 39.3 Å². The van der Waals surface area contributed by atoms with E-state index in [1.54, 1.807) is 25.3 Å². The van der Waals surface area contributed by atoms with Gasteiger partial charge in [0.25, 0.3) is 5.91 Å². The van der Waals surface area contributed by atoms with Crippen LogP contribution in [0.25, 0.3) is 11.3 Å². The fourth-order valence-electron chi connectivity index (χ4n) is 4.14. The van der Waals surface area contributed by atoms with Crippen molar-refractivity contribution in [2.75, 3.05) is 12.0 Å². The molecule has 2 aromatic heterocycles. The number of aromatic amines is 2. The molecule has 0 aliphatic rings. The highest BCUT2D eigenvalue weighted by Crippen LogP contribution is 2.29. The first-order chi connectivity index (χ1) is 18.9. The Labute approximate surface area is 224 Å². The molecule has 196 valence electrons. The fraction of sp³-hybridized carbons (Fsp3) is 0.103. The molecule has 3 aromatic carbocycles. The zero-order valence-electron chi connectivity index (χ0n) is 21.2. The lowest BCUT2D eigenvalue weighted by molar-refractivity contribution is 0.0987. The van der Waals surface area contributed by atoms with Gasteiger partial charge in [0.05, 0.1) is 12.8 Å². The topological polar surface area (TPSA) is 156 Å². The van der Waals surface area contributed by atoms with Gasteiger partial charge < -0.3 is 16.2 Å². The van der Waals surface area contributed by atoms with E-state index in [9.17, 15) is 9.59 Å². The number of aromatic nitrogens is 4. The molecule has 0 unspecified atom stereocenters. The summed E-state index contributed by atoms with van der Waals surface area (Å²) in [5.41, 5.74) is 16.2. The minimum atomic E-state index is -0.570. The monoisotopic (exact) mass is 521 g/mol. The number of hydrogen-bond donors (Lipinski definition) is 4. The fourth-order valence-corrected chi connectivity index (χ4v) is 4.14. The van der Waals surface area contributed by atoms with Gasteiger partial charge in [0.1, 0.15) is 5.75 Å². The number of hydrogen-bond acceptors (Lipinski definition) is 6. The van der Waals surface area contributed by atoms with Crippen LogP contribution in [-0.2, 0) is 13.0 Å². The van der Waals surface area contributed by atoms with Crippen molar-refractivity contribution in [3.63, 3.8) is 0 Å². The number of primary amides is 1. The molecule has 0 aliphatic carbocycles. The van der Waals surface area contributed by atoms with E-state index in [2.05, 4.69) is 20.4 Å². The standard InChI is InChI=1S/C29H27N7O3/c1-39-24-12-4-18(5-13-24)14-23-15-26(34-32-23)36(29(38)22-10-8-21(9-11-22)28(31)37)27-16-25(33-35-27)20-6-2-19(17-30)3-7-20/h2-13,15-16H,14,17,30H2,1H3,(H2,31,37)(H,32,34)(H,33,35). The first-order valence-corrected chi connectivity index (χ1v) is 12.2. The molecule has 5 aromatic rings. The van der Waals surface area contributed by atoms with Crippen LogP contribution in [0.3, 0.4) is 0 Å². The third-order valence-electron chi connectivity index (χ3n) is 6.31. The Hall–Kier alpha value is -5.22. The van der Waals surface area contributed by atoms with Crippen LogP contribution in [0.2, 0.25) is 0 Å². The first-order valence-electron chi connectivity index (χ1n) is 12.2. The molecule has 0 saturated heterocycles. The predicted octanol–water partition coefficient (Wildman–Crippen LogP) is 3.94. The third-order valence-corrected chi connectivity index (χ3v) is 6.31. The maximum atomic E-state index is 13.8. The third kappa shape index (κ3) is 5.55. The molecule has 2 heterocycles. The SMILES string of the molecule is COc1ccc(Cc2cc(N(C(=O)c3ccc(C(N)=O)cc3)c3cc(-c4ccc(CN)cc4)[nH]n3)n[nH]2)cc1. The van der Waals surface area contributed by atoms with Gasteiger partial charge in [-0.1, -0.05) is 36.4 Å². The summed E-state index contributed by atoms with van der Waals surface area (Å²) in [6.07, 6.45) is 0.575. The Morgan fingerprint density at radius 2 is 1.44 bits per heavy atom. The molecule has 6 N–H and O–H groups in total. The van der Waals surface area contributed by atoms with Crippen molar-refractivity contribution in [3.05, 3.63) is 113 Å². The van der Waals surface area contributed by atoms with Crippen LogP contribution >= 0.6 is 0 Å². The number of amides is 2. The number of rotatable bonds is 9. The number of carbonyl (C=O) groups excluding carboxylic acids is 2. The smallest absolute Gasteiger partial charge is 0.265 e. The molecular weight excluding hydrogens is 494 g/mol. The van der Waals surface area contributed by atoms with Crippen LogP contribution in [0.15, 0.2) is 84.9 Å². The van der Waals surface area contributed by atoms with Gasteiger partial charge in [-0.15, -0.1) is 0 Å². The maximum absolute atomic E-state index is 13.8. The second kappa shape index (κ2) is 11.0. The molecule has 0 radical (unpaired) electrons. The second-order valence-electron chi connectivity index (χ2n) is 8.90. The number of carbonyl (C=O) groups is 2. The highest BCUT2D eigenvalue weighted by Gasteiger charge is 2.25. The van der Waals surface area contributed by atoms with Gasteiger partial charge in [-0.3, -0.25) is 19.8 Å². The van der Waals surface area contributed by atoms with E-state index in [0.717, 1.165) is 33.8 Å². The second-order valence-corrected chi connectivity index (χ2v) is 8.90. The van der Waals surface area contributed by atoms with Gasteiger partial charge in [-0.25, -0.2) is 4.90 Å². The molecule has 5 rings (SSSR count). The van der Waals surface area contributed by atoms with Gasteiger partial charge in [0.2, 0.25) is 5.91 Å². The van der Waals surface area contributed by atoms with Crippen molar-refractivity contribution in [3.8, 4) is 17.0 Å². The molecule has 0 aliphatic heterocycles. The average molecular weight is 522 g/mol. The first kappa shape index (κ1) is 25.4. The summed E-state index contributed by atoms with van der Waals surface area (Å²) in [5, 5.41) is 14.9. The van der Waals surface area contributed by atoms with Gasteiger partial charge in [-0.2, -0.15) is 10.2 Å². The highest BCUT2D eigenvalue weighted by molar-refractivity contribution is 6.10. The predicted molar refractivity (Wildman–Crippen MR) is 148 cm³/mol. The quantitative estimate of drug-likeness (QED) is 0.230. The highest BCUT2D eigenvalue weighted by atomic mass is 16.5. The molecule has 10 heteroatoms. The lowest BCUT2D eigenvalue weighted by Crippen LogP contribution is -2.27. The molecule has 0 fully saturated rings. The minimum absolute atomic E-state index is 0.308. The number of ether oxygens (including phenoxy) is 1. The van der Waals surface area contributed by atoms with Crippen molar-refractivity contribution in [2.45, 2.75) is 13.0 Å². The molecule has 0 saturated carbocycles. The Morgan fingerprint density at radius 1 is 0.821 bits per heavy atom. The van der Waals surface area contributed by atoms with Crippen molar-refractivity contribution in [1.82, 2.24) is 20.4 Å². The Balaban J connectivity index is 1.48. The summed E-state index contributed by atoms with van der Waals surface area (Å²) < 4.78 is 5.23. The van der Waals surface area contributed by atoms with Gasteiger partial charge in [-0.05, 0) is 53.1 Å². The summed E-state index contributed by atoms with van der Waals surface area (Å²) in [7, 11) is 1.62. The Kier molecular flexibility index (Phi) is 7.19. The summed E-state index contributed by atoms with van der Waals surface area (Å²) in [6.45, 7) is 0.448. The van der Waals surface area contributed by atoms with Crippen LogP contribution < -0.4 is 21.1 Å². The zero-order valence-corrected chi connectivity index (χ0v) is 21.2. The zero-order chi connectivity index (χ0) is 27.4. The summed E-state index contributed by atoms with van der Waals surface area (Å²) in [6, 6.07) is 25.2. The largest absolute Gasteiger partial charge is 0.497 e. The van der Waals surface area contributed by atoms with E-state index in [0.29, 0.717) is 35.7 Å². The number of nitrogens with zero attached hydrogens (tertiary/aromatic N) is 3. The van der Waals surface area contributed by atoms with Gasteiger partial charge in [0.15, 0.2) is 11.6 Å². The maximum Gasteiger partial charge on any atom is 0.265 e. The average Bonchev–Trinajstić information content (AvgIpc) is 3.64. The number of benzene rings is 3. The van der Waals surface area contributed by atoms with E-state index < -0.39 is 5.91 Å². The van der Waals surface area contributed by atoms with Gasteiger partial charge in [0, 0.05) is 41.9 Å². The van der Waals surface area contributed by atoms with Crippen molar-refractivity contribution in [2.24, 2.45) is 11.5 Å². The minimum Gasteiger partial charge on any atom is -0.497 e. The number of anilines is 2. The lowest BCUT2D eigenvalue weighted by Gasteiger charge is -2.17. The lowest BCUT2D eigenvalue weighted by atomic mass is 10.1. The van der Waals surface area contributed by atoms with E-state index >= 15 is 0 Å². The molecular formula is C29H27N7O3. The van der Waals surface area contributed by atoms with Crippen molar-refractivity contribution >= 4 is 23.5 Å². The van der Waals surface area contributed by atoms with Crippen LogP contribution in [0, 0.1) is 0 Å². The number of H-pyrrole nitrogens is 2. The molecule has 10 nitrogen and oxygen atoms in total. The van der Waals surface area contributed by atoms with Crippen LogP contribution in [0.4, 0.5) is 11.6 Å². The molecule has 2 amide bonds. The number of nitrogens with one attached hydrogen (secondary N) is 2. The Bertz CT molecular complexity index is 1590. The van der Waals surface area contributed by atoms with E-state index in [1.807, 2.05) is 54.6 Å². The summed E-state index contributed by atoms with van der Waals surface area (Å²) in [5.74, 6) is 0.567. The number of nitrogens with two attached hydrogens (primary N) is 2. The normalized spacial score (nSPS) is 10.8. The van der Waals surface area contributed by atoms with E-state index in [4.69, 9.17) is 16.2 Å². The van der Waals surface area contributed by atoms with E-state index in [-0.39, 0.29) is 5.91 Å². The molecule has 0 spiro atoms. The summed E-state index contributed by atoms with van der Waals surface area (Å²) in [4.78, 5) is 26.7. The van der Waals surface area contributed by atoms with Crippen molar-refractivity contribution in [1.29, 1.82) is 0 Å².